The number of amides is 2. The van der Waals surface area contributed by atoms with Gasteiger partial charge in [0.15, 0.2) is 11.5 Å². The maximum atomic E-state index is 12.4. The molecule has 2 aromatic rings. The summed E-state index contributed by atoms with van der Waals surface area (Å²) in [5.41, 5.74) is 2.68. The van der Waals surface area contributed by atoms with E-state index >= 15 is 0 Å². The van der Waals surface area contributed by atoms with Crippen molar-refractivity contribution in [1.29, 1.82) is 0 Å². The van der Waals surface area contributed by atoms with Crippen molar-refractivity contribution in [3.63, 3.8) is 0 Å². The van der Waals surface area contributed by atoms with Crippen molar-refractivity contribution in [2.24, 2.45) is 0 Å². The Balaban J connectivity index is 1.95. The fraction of sp³-hybridized carbons (Fsp3) is 0.222. The number of rotatable bonds is 4. The van der Waals surface area contributed by atoms with Gasteiger partial charge in [0.1, 0.15) is 0 Å². The molecule has 0 N–H and O–H groups in total. The van der Waals surface area contributed by atoms with Crippen LogP contribution in [0.2, 0.25) is 0 Å². The molecule has 1 heterocycles. The summed E-state index contributed by atoms with van der Waals surface area (Å²) < 4.78 is 10.6. The molecular formula is C18H17NO4. The number of hydrogen-bond donors (Lipinski definition) is 0. The Labute approximate surface area is 134 Å². The first-order chi connectivity index (χ1) is 11.1. The molecule has 0 aliphatic carbocycles. The summed E-state index contributed by atoms with van der Waals surface area (Å²) in [5.74, 6) is 0.667. The molecule has 0 unspecified atom stereocenters. The maximum absolute atomic E-state index is 12.4. The smallest absolute Gasteiger partial charge is 0.261 e. The quantitative estimate of drug-likeness (QED) is 0.815. The summed E-state index contributed by atoms with van der Waals surface area (Å²) in [6.07, 6.45) is 0. The molecule has 5 heteroatoms. The zero-order valence-corrected chi connectivity index (χ0v) is 13.3. The number of hydrogen-bond acceptors (Lipinski definition) is 4. The molecule has 1 aliphatic rings. The van der Waals surface area contributed by atoms with Crippen LogP contribution in [0.15, 0.2) is 36.4 Å². The van der Waals surface area contributed by atoms with Crippen molar-refractivity contribution < 1.29 is 19.1 Å². The van der Waals surface area contributed by atoms with E-state index in [4.69, 9.17) is 9.47 Å². The van der Waals surface area contributed by atoms with Crippen LogP contribution in [-0.4, -0.2) is 30.9 Å². The highest BCUT2D eigenvalue weighted by atomic mass is 16.5. The van der Waals surface area contributed by atoms with Crippen LogP contribution in [0.1, 0.15) is 31.8 Å². The summed E-state index contributed by atoms with van der Waals surface area (Å²) in [6, 6.07) is 10.5. The van der Waals surface area contributed by atoms with E-state index in [1.165, 1.54) is 4.90 Å². The third-order valence-electron chi connectivity index (χ3n) is 4.05. The van der Waals surface area contributed by atoms with Crippen LogP contribution < -0.4 is 9.47 Å². The highest BCUT2D eigenvalue weighted by Crippen LogP contribution is 2.32. The molecule has 0 spiro atoms. The SMILES string of the molecule is COc1cc(C)c(CN2C(=O)c3ccccc3C2=O)cc1OC. The van der Waals surface area contributed by atoms with Gasteiger partial charge in [-0.05, 0) is 42.3 Å². The summed E-state index contributed by atoms with van der Waals surface area (Å²) in [6.45, 7) is 2.12. The molecule has 0 bridgehead atoms. The Kier molecular flexibility index (Phi) is 3.78. The van der Waals surface area contributed by atoms with Crippen molar-refractivity contribution in [1.82, 2.24) is 4.90 Å². The molecule has 0 atom stereocenters. The number of carbonyl (C=O) groups excluding carboxylic acids is 2. The van der Waals surface area contributed by atoms with Crippen LogP contribution in [-0.2, 0) is 6.54 Å². The van der Waals surface area contributed by atoms with Gasteiger partial charge in [-0.2, -0.15) is 0 Å². The predicted octanol–water partition coefficient (Wildman–Crippen LogP) is 2.81. The summed E-state index contributed by atoms with van der Waals surface area (Å²) in [7, 11) is 3.13. The van der Waals surface area contributed by atoms with E-state index in [9.17, 15) is 9.59 Å². The van der Waals surface area contributed by atoms with Gasteiger partial charge in [0, 0.05) is 0 Å². The van der Waals surface area contributed by atoms with Gasteiger partial charge >= 0.3 is 0 Å². The van der Waals surface area contributed by atoms with Crippen LogP contribution in [0.25, 0.3) is 0 Å². The lowest BCUT2D eigenvalue weighted by Crippen LogP contribution is -2.29. The van der Waals surface area contributed by atoms with Crippen LogP contribution >= 0.6 is 0 Å². The number of imide groups is 1. The molecule has 3 rings (SSSR count). The van der Waals surface area contributed by atoms with Gasteiger partial charge in [-0.25, -0.2) is 0 Å². The molecule has 0 aromatic heterocycles. The molecule has 0 fully saturated rings. The summed E-state index contributed by atoms with van der Waals surface area (Å²) >= 11 is 0. The van der Waals surface area contributed by atoms with Crippen LogP contribution in [0, 0.1) is 6.92 Å². The molecule has 0 saturated carbocycles. The molecule has 23 heavy (non-hydrogen) atoms. The zero-order valence-electron chi connectivity index (χ0n) is 13.3. The Morgan fingerprint density at radius 3 is 1.96 bits per heavy atom. The maximum Gasteiger partial charge on any atom is 0.261 e. The first-order valence-corrected chi connectivity index (χ1v) is 7.23. The number of nitrogens with zero attached hydrogens (tertiary/aromatic N) is 1. The fourth-order valence-electron chi connectivity index (χ4n) is 2.75. The normalized spacial score (nSPS) is 13.3. The van der Waals surface area contributed by atoms with Crippen LogP contribution in [0.4, 0.5) is 0 Å². The van der Waals surface area contributed by atoms with Crippen LogP contribution in [0.3, 0.4) is 0 Å². The highest BCUT2D eigenvalue weighted by Gasteiger charge is 2.35. The van der Waals surface area contributed by atoms with Crippen molar-refractivity contribution in [2.45, 2.75) is 13.5 Å². The lowest BCUT2D eigenvalue weighted by Gasteiger charge is -2.17. The lowest BCUT2D eigenvalue weighted by atomic mass is 10.1. The van der Waals surface area contributed by atoms with Gasteiger partial charge < -0.3 is 9.47 Å². The first-order valence-electron chi connectivity index (χ1n) is 7.23. The van der Waals surface area contributed by atoms with E-state index in [2.05, 4.69) is 0 Å². The molecule has 2 amide bonds. The second kappa shape index (κ2) is 5.76. The molecule has 118 valence electrons. The molecule has 0 saturated heterocycles. The molecule has 5 nitrogen and oxygen atoms in total. The topological polar surface area (TPSA) is 55.8 Å². The van der Waals surface area contributed by atoms with E-state index in [1.54, 1.807) is 44.6 Å². The van der Waals surface area contributed by atoms with Crippen LogP contribution in [0.5, 0.6) is 11.5 Å². The second-order valence-electron chi connectivity index (χ2n) is 5.38. The van der Waals surface area contributed by atoms with E-state index < -0.39 is 0 Å². The van der Waals surface area contributed by atoms with Gasteiger partial charge in [0.05, 0.1) is 31.9 Å². The van der Waals surface area contributed by atoms with Crippen molar-refractivity contribution in [3.05, 3.63) is 58.7 Å². The lowest BCUT2D eigenvalue weighted by molar-refractivity contribution is 0.0642. The monoisotopic (exact) mass is 311 g/mol. The summed E-state index contributed by atoms with van der Waals surface area (Å²) in [4.78, 5) is 26.2. The number of fused-ring (bicyclic) bond motifs is 1. The number of ether oxygens (including phenoxy) is 2. The number of methoxy groups -OCH3 is 2. The second-order valence-corrected chi connectivity index (χ2v) is 5.38. The number of aryl methyl sites for hydroxylation is 1. The average Bonchev–Trinajstić information content (AvgIpc) is 2.81. The van der Waals surface area contributed by atoms with Gasteiger partial charge in [-0.15, -0.1) is 0 Å². The largest absolute Gasteiger partial charge is 0.493 e. The minimum Gasteiger partial charge on any atom is -0.493 e. The van der Waals surface area contributed by atoms with Gasteiger partial charge in [0.25, 0.3) is 11.8 Å². The van der Waals surface area contributed by atoms with E-state index in [0.717, 1.165) is 11.1 Å². The predicted molar refractivity (Wildman–Crippen MR) is 84.9 cm³/mol. The Morgan fingerprint density at radius 1 is 0.913 bits per heavy atom. The fourth-order valence-corrected chi connectivity index (χ4v) is 2.75. The average molecular weight is 311 g/mol. The van der Waals surface area contributed by atoms with Crippen molar-refractivity contribution >= 4 is 11.8 Å². The van der Waals surface area contributed by atoms with E-state index in [0.29, 0.717) is 22.6 Å². The molecule has 1 aliphatic heterocycles. The Hall–Kier alpha value is -2.82. The number of carbonyl (C=O) groups is 2. The Bertz CT molecular complexity index is 763. The first kappa shape index (κ1) is 15.1. The van der Waals surface area contributed by atoms with E-state index in [-0.39, 0.29) is 18.4 Å². The van der Waals surface area contributed by atoms with Crippen molar-refractivity contribution in [3.8, 4) is 11.5 Å². The van der Waals surface area contributed by atoms with Gasteiger partial charge in [0.2, 0.25) is 0 Å². The molecule has 0 radical (unpaired) electrons. The van der Waals surface area contributed by atoms with E-state index in [1.807, 2.05) is 13.0 Å². The highest BCUT2D eigenvalue weighted by molar-refractivity contribution is 6.21. The van der Waals surface area contributed by atoms with Crippen molar-refractivity contribution in [2.75, 3.05) is 14.2 Å². The minimum atomic E-state index is -0.264. The third kappa shape index (κ3) is 2.44. The molecule has 2 aromatic carbocycles. The molecular weight excluding hydrogens is 294 g/mol. The number of benzene rings is 2. The summed E-state index contributed by atoms with van der Waals surface area (Å²) in [5, 5.41) is 0. The zero-order chi connectivity index (χ0) is 16.6. The van der Waals surface area contributed by atoms with Gasteiger partial charge in [-0.3, -0.25) is 14.5 Å². The van der Waals surface area contributed by atoms with Gasteiger partial charge in [-0.1, -0.05) is 12.1 Å². The Morgan fingerprint density at radius 2 is 1.43 bits per heavy atom. The standard InChI is InChI=1S/C18H17NO4/c1-11-8-15(22-2)16(23-3)9-12(11)10-19-17(20)13-6-4-5-7-14(13)18(19)21/h4-9H,10H2,1-3H3. The third-order valence-corrected chi connectivity index (χ3v) is 4.05. The minimum absolute atomic E-state index is 0.207.